The third-order valence-electron chi connectivity index (χ3n) is 4.21. The van der Waals surface area contributed by atoms with Crippen molar-refractivity contribution in [2.24, 2.45) is 11.8 Å². The summed E-state index contributed by atoms with van der Waals surface area (Å²) in [5.41, 5.74) is 1.12. The predicted molar refractivity (Wildman–Crippen MR) is 90.1 cm³/mol. The molecular formula is C18H30N2O. The van der Waals surface area contributed by atoms with Crippen LogP contribution in [0.5, 0.6) is 5.75 Å². The Bertz CT molecular complexity index is 433. The van der Waals surface area contributed by atoms with Crippen LogP contribution in [0.3, 0.4) is 0 Å². The lowest BCUT2D eigenvalue weighted by Gasteiger charge is -2.34. The molecule has 0 radical (unpaired) electrons. The number of piperidine rings is 1. The van der Waals surface area contributed by atoms with Gasteiger partial charge in [0, 0.05) is 12.6 Å². The smallest absolute Gasteiger partial charge is 0.142 e. The van der Waals surface area contributed by atoms with E-state index in [9.17, 15) is 0 Å². The molecule has 1 aromatic rings. The first-order valence-electron chi connectivity index (χ1n) is 8.23. The number of nitrogens with zero attached hydrogens (tertiary/aromatic N) is 1. The van der Waals surface area contributed by atoms with Gasteiger partial charge in [-0.2, -0.15) is 0 Å². The van der Waals surface area contributed by atoms with Crippen molar-refractivity contribution in [2.45, 2.75) is 39.7 Å². The lowest BCUT2D eigenvalue weighted by Crippen LogP contribution is -2.39. The highest BCUT2D eigenvalue weighted by Crippen LogP contribution is 2.28. The maximum absolute atomic E-state index is 5.93. The molecule has 0 aromatic heterocycles. The molecule has 1 fully saturated rings. The van der Waals surface area contributed by atoms with E-state index in [0.717, 1.165) is 18.0 Å². The average molecular weight is 290 g/mol. The molecule has 0 aliphatic carbocycles. The van der Waals surface area contributed by atoms with Crippen LogP contribution in [0.25, 0.3) is 0 Å². The summed E-state index contributed by atoms with van der Waals surface area (Å²) < 4.78 is 5.93. The topological polar surface area (TPSA) is 24.5 Å². The van der Waals surface area contributed by atoms with Crippen LogP contribution >= 0.6 is 0 Å². The van der Waals surface area contributed by atoms with E-state index in [1.54, 1.807) is 0 Å². The first-order valence-corrected chi connectivity index (χ1v) is 8.23. The lowest BCUT2D eigenvalue weighted by molar-refractivity contribution is 0.197. The van der Waals surface area contributed by atoms with Crippen LogP contribution in [0.1, 0.15) is 33.6 Å². The Morgan fingerprint density at radius 1 is 1.29 bits per heavy atom. The summed E-state index contributed by atoms with van der Waals surface area (Å²) in [5.74, 6) is 2.23. The fraction of sp³-hybridized carbons (Fsp3) is 0.667. The number of hydrogen-bond donors (Lipinski definition) is 1. The Hall–Kier alpha value is -1.22. The molecule has 0 saturated carbocycles. The van der Waals surface area contributed by atoms with E-state index in [4.69, 9.17) is 4.74 Å². The van der Waals surface area contributed by atoms with Gasteiger partial charge in [0.25, 0.3) is 0 Å². The van der Waals surface area contributed by atoms with E-state index in [1.807, 2.05) is 6.07 Å². The Balaban J connectivity index is 1.97. The van der Waals surface area contributed by atoms with Gasteiger partial charge in [-0.25, -0.2) is 0 Å². The number of nitrogens with one attached hydrogen (secondary N) is 1. The van der Waals surface area contributed by atoms with Crippen molar-refractivity contribution in [1.82, 2.24) is 4.90 Å². The van der Waals surface area contributed by atoms with Gasteiger partial charge in [-0.05, 0) is 57.3 Å². The monoisotopic (exact) mass is 290 g/mol. The minimum atomic E-state index is 0.469. The van der Waals surface area contributed by atoms with Gasteiger partial charge in [-0.1, -0.05) is 26.0 Å². The molecule has 1 heterocycles. The van der Waals surface area contributed by atoms with Crippen molar-refractivity contribution in [2.75, 3.05) is 32.1 Å². The molecule has 2 unspecified atom stereocenters. The second kappa shape index (κ2) is 7.69. The lowest BCUT2D eigenvalue weighted by atomic mass is 9.91. The minimum absolute atomic E-state index is 0.469. The summed E-state index contributed by atoms with van der Waals surface area (Å²) >= 11 is 0. The van der Waals surface area contributed by atoms with E-state index < -0.39 is 0 Å². The second-order valence-electron chi connectivity index (χ2n) is 6.80. The molecule has 2 atom stereocenters. The number of likely N-dealkylation sites (tertiary alicyclic amines) is 1. The van der Waals surface area contributed by atoms with Crippen molar-refractivity contribution in [3.8, 4) is 5.75 Å². The van der Waals surface area contributed by atoms with Gasteiger partial charge in [-0.3, -0.25) is 0 Å². The number of rotatable bonds is 6. The number of para-hydroxylation sites is 2. The van der Waals surface area contributed by atoms with Gasteiger partial charge in [0.1, 0.15) is 5.75 Å². The summed E-state index contributed by atoms with van der Waals surface area (Å²) in [6.07, 6.45) is 2.62. The Morgan fingerprint density at radius 2 is 2.05 bits per heavy atom. The van der Waals surface area contributed by atoms with Gasteiger partial charge >= 0.3 is 0 Å². The summed E-state index contributed by atoms with van der Waals surface area (Å²) in [7, 11) is 2.22. The summed E-state index contributed by atoms with van der Waals surface area (Å²) in [6, 6.07) is 8.77. The number of benzene rings is 1. The van der Waals surface area contributed by atoms with Crippen LogP contribution < -0.4 is 10.1 Å². The van der Waals surface area contributed by atoms with Crippen LogP contribution in [-0.4, -0.2) is 37.7 Å². The molecule has 0 spiro atoms. The first kappa shape index (κ1) is 16.2. The number of anilines is 1. The van der Waals surface area contributed by atoms with Gasteiger partial charge in [0.2, 0.25) is 0 Å². The summed E-state index contributed by atoms with van der Waals surface area (Å²) in [4.78, 5) is 2.44. The van der Waals surface area contributed by atoms with Crippen LogP contribution in [-0.2, 0) is 0 Å². The fourth-order valence-corrected chi connectivity index (χ4v) is 2.95. The van der Waals surface area contributed by atoms with Crippen LogP contribution in [0.2, 0.25) is 0 Å². The van der Waals surface area contributed by atoms with Crippen molar-refractivity contribution in [3.63, 3.8) is 0 Å². The zero-order valence-corrected chi connectivity index (χ0v) is 13.9. The van der Waals surface area contributed by atoms with Crippen LogP contribution in [0.4, 0.5) is 5.69 Å². The fourth-order valence-electron chi connectivity index (χ4n) is 2.95. The van der Waals surface area contributed by atoms with Gasteiger partial charge in [0.15, 0.2) is 0 Å². The molecular weight excluding hydrogens is 260 g/mol. The zero-order valence-electron chi connectivity index (χ0n) is 13.9. The highest BCUT2D eigenvalue weighted by Gasteiger charge is 2.23. The van der Waals surface area contributed by atoms with Crippen molar-refractivity contribution in [3.05, 3.63) is 24.3 Å². The Labute approximate surface area is 129 Å². The van der Waals surface area contributed by atoms with Gasteiger partial charge < -0.3 is 15.0 Å². The second-order valence-corrected chi connectivity index (χ2v) is 6.80. The SMILES string of the molecule is CC(C)COc1ccccc1NC(C)C1CCCN(C)C1. The molecule has 1 aliphatic heterocycles. The zero-order chi connectivity index (χ0) is 15.2. The minimum Gasteiger partial charge on any atom is -0.491 e. The third-order valence-corrected chi connectivity index (χ3v) is 4.21. The molecule has 1 N–H and O–H groups in total. The largest absolute Gasteiger partial charge is 0.491 e. The molecule has 0 bridgehead atoms. The first-order chi connectivity index (χ1) is 10.1. The molecule has 3 heteroatoms. The summed E-state index contributed by atoms with van der Waals surface area (Å²) in [6.45, 7) is 9.83. The molecule has 3 nitrogen and oxygen atoms in total. The Kier molecular flexibility index (Phi) is 5.92. The average Bonchev–Trinajstić information content (AvgIpc) is 2.46. The molecule has 0 amide bonds. The van der Waals surface area contributed by atoms with Crippen LogP contribution in [0, 0.1) is 11.8 Å². The van der Waals surface area contributed by atoms with Crippen molar-refractivity contribution < 1.29 is 4.74 Å². The molecule has 1 aliphatic rings. The van der Waals surface area contributed by atoms with E-state index in [1.165, 1.54) is 25.9 Å². The Morgan fingerprint density at radius 3 is 2.76 bits per heavy atom. The normalized spacial score (nSPS) is 21.3. The van der Waals surface area contributed by atoms with Crippen LogP contribution in [0.15, 0.2) is 24.3 Å². The van der Waals surface area contributed by atoms with E-state index >= 15 is 0 Å². The highest BCUT2D eigenvalue weighted by molar-refractivity contribution is 5.56. The molecule has 1 saturated heterocycles. The summed E-state index contributed by atoms with van der Waals surface area (Å²) in [5, 5.41) is 3.67. The van der Waals surface area contributed by atoms with Gasteiger partial charge in [-0.15, -0.1) is 0 Å². The third kappa shape index (κ3) is 4.92. The van der Waals surface area contributed by atoms with Gasteiger partial charge in [0.05, 0.1) is 12.3 Å². The maximum Gasteiger partial charge on any atom is 0.142 e. The van der Waals surface area contributed by atoms with Crippen molar-refractivity contribution >= 4 is 5.69 Å². The maximum atomic E-state index is 5.93. The molecule has 21 heavy (non-hydrogen) atoms. The van der Waals surface area contributed by atoms with E-state index in [0.29, 0.717) is 17.9 Å². The number of ether oxygens (including phenoxy) is 1. The molecule has 1 aromatic carbocycles. The van der Waals surface area contributed by atoms with E-state index in [-0.39, 0.29) is 0 Å². The predicted octanol–water partition coefficient (Wildman–Crippen LogP) is 3.86. The molecule has 2 rings (SSSR count). The van der Waals surface area contributed by atoms with E-state index in [2.05, 4.69) is 56.2 Å². The quantitative estimate of drug-likeness (QED) is 0.861. The number of hydrogen-bond acceptors (Lipinski definition) is 3. The molecule has 118 valence electrons. The highest BCUT2D eigenvalue weighted by atomic mass is 16.5. The van der Waals surface area contributed by atoms with Crippen molar-refractivity contribution in [1.29, 1.82) is 0 Å². The standard InChI is InChI=1S/C18H30N2O/c1-14(2)13-21-18-10-6-5-9-17(18)19-15(3)16-8-7-11-20(4)12-16/h5-6,9-10,14-16,19H,7-8,11-13H2,1-4H3.